The number of carbonyl (C=O) groups excluding carboxylic acids is 1. The largest absolute Gasteiger partial charge is 0.387 e. The van der Waals surface area contributed by atoms with Crippen LogP contribution in [0, 0.1) is 5.82 Å². The number of halogens is 1. The number of carbonyl (C=O) groups is 1. The maximum absolute atomic E-state index is 15.5. The SMILES string of the molecule is CCCN(CCC)C(=O)C1=Cc2c(F)cc(-c3ccc4c(=O)n(Cc5ccn(C)n5)ncc4c3)cc2N=C(N)C1. The molecule has 2 aromatic carbocycles. The van der Waals surface area contributed by atoms with Gasteiger partial charge in [0.25, 0.3) is 5.56 Å². The first kappa shape index (κ1) is 27.0. The van der Waals surface area contributed by atoms with Crippen molar-refractivity contribution >= 4 is 34.3 Å². The molecule has 4 aromatic rings. The maximum Gasteiger partial charge on any atom is 0.274 e. The van der Waals surface area contributed by atoms with Crippen LogP contribution in [0.15, 0.2) is 64.2 Å². The van der Waals surface area contributed by atoms with Crippen LogP contribution in [0.5, 0.6) is 0 Å². The molecule has 2 N–H and O–H groups in total. The van der Waals surface area contributed by atoms with Gasteiger partial charge in [0.2, 0.25) is 5.91 Å². The number of benzene rings is 2. The molecule has 3 heterocycles. The highest BCUT2D eigenvalue weighted by Gasteiger charge is 2.23. The molecule has 0 fully saturated rings. The zero-order valence-corrected chi connectivity index (χ0v) is 22.9. The van der Waals surface area contributed by atoms with Gasteiger partial charge < -0.3 is 10.6 Å². The van der Waals surface area contributed by atoms with Gasteiger partial charge in [-0.25, -0.2) is 14.1 Å². The summed E-state index contributed by atoms with van der Waals surface area (Å²) in [5.74, 6) is -0.397. The molecule has 1 amide bonds. The number of aliphatic imine (C=N–C) groups is 1. The van der Waals surface area contributed by atoms with E-state index in [-0.39, 0.29) is 35.8 Å². The van der Waals surface area contributed by atoms with E-state index in [0.717, 1.165) is 18.5 Å². The van der Waals surface area contributed by atoms with Crippen molar-refractivity contribution in [2.75, 3.05) is 13.1 Å². The van der Waals surface area contributed by atoms with E-state index in [0.29, 0.717) is 46.2 Å². The van der Waals surface area contributed by atoms with E-state index in [1.807, 2.05) is 33.2 Å². The number of fused-ring (bicyclic) bond motifs is 2. The standard InChI is InChI=1S/C30H32FN7O2/c1-4-9-37(10-5-2)29(39)21-13-25-26(31)14-20(15-27(25)34-28(32)16-21)19-6-7-24-22(12-19)17-33-38(30(24)40)18-23-8-11-36(3)35-23/h6-8,11-15,17H,4-5,9-10,16,18H2,1-3H3,(H2,32,34). The second-order valence-corrected chi connectivity index (χ2v) is 10.0. The van der Waals surface area contributed by atoms with Crippen LogP contribution >= 0.6 is 0 Å². The molecular formula is C30H32FN7O2. The second-order valence-electron chi connectivity index (χ2n) is 10.0. The van der Waals surface area contributed by atoms with Gasteiger partial charge in [-0.3, -0.25) is 14.3 Å². The fourth-order valence-corrected chi connectivity index (χ4v) is 5.00. The number of aryl methyl sites for hydroxylation is 1. The summed E-state index contributed by atoms with van der Waals surface area (Å²) in [6.07, 6.45) is 6.82. The van der Waals surface area contributed by atoms with Crippen LogP contribution in [0.25, 0.3) is 28.0 Å². The molecule has 0 saturated heterocycles. The van der Waals surface area contributed by atoms with Gasteiger partial charge in [-0.1, -0.05) is 19.9 Å². The van der Waals surface area contributed by atoms with Crippen LogP contribution in [0.2, 0.25) is 0 Å². The van der Waals surface area contributed by atoms with Gasteiger partial charge in [-0.15, -0.1) is 0 Å². The van der Waals surface area contributed by atoms with Gasteiger partial charge in [0.15, 0.2) is 0 Å². The highest BCUT2D eigenvalue weighted by atomic mass is 19.1. The summed E-state index contributed by atoms with van der Waals surface area (Å²) in [4.78, 5) is 32.6. The number of hydrogen-bond donors (Lipinski definition) is 1. The number of hydrogen-bond acceptors (Lipinski definition) is 6. The number of nitrogens with two attached hydrogens (primary N) is 1. The summed E-state index contributed by atoms with van der Waals surface area (Å²) >= 11 is 0. The predicted octanol–water partition coefficient (Wildman–Crippen LogP) is 4.41. The molecule has 0 radical (unpaired) electrons. The lowest BCUT2D eigenvalue weighted by atomic mass is 9.98. The normalized spacial score (nSPS) is 13.0. The van der Waals surface area contributed by atoms with Gasteiger partial charge in [-0.05, 0) is 60.4 Å². The summed E-state index contributed by atoms with van der Waals surface area (Å²) in [5, 5.41) is 9.77. The average molecular weight is 542 g/mol. The molecule has 0 spiro atoms. The Kier molecular flexibility index (Phi) is 7.59. The lowest BCUT2D eigenvalue weighted by Gasteiger charge is -2.22. The average Bonchev–Trinajstić information content (AvgIpc) is 3.26. The molecule has 0 saturated carbocycles. The molecule has 1 aliphatic rings. The second kappa shape index (κ2) is 11.3. The highest BCUT2D eigenvalue weighted by Crippen LogP contribution is 2.35. The Morgan fingerprint density at radius 3 is 2.58 bits per heavy atom. The van der Waals surface area contributed by atoms with E-state index in [4.69, 9.17) is 5.73 Å². The van der Waals surface area contributed by atoms with Gasteiger partial charge >= 0.3 is 0 Å². The topological polar surface area (TPSA) is 111 Å². The van der Waals surface area contributed by atoms with Crippen LogP contribution in [-0.4, -0.2) is 49.3 Å². The third-order valence-electron chi connectivity index (χ3n) is 6.88. The monoisotopic (exact) mass is 541 g/mol. The molecular weight excluding hydrogens is 509 g/mol. The third kappa shape index (κ3) is 5.42. The molecule has 0 atom stereocenters. The predicted molar refractivity (Wildman–Crippen MR) is 155 cm³/mol. The van der Waals surface area contributed by atoms with Crippen molar-refractivity contribution in [3.05, 3.63) is 81.8 Å². The smallest absolute Gasteiger partial charge is 0.274 e. The maximum atomic E-state index is 15.5. The van der Waals surface area contributed by atoms with Crippen LogP contribution in [0.4, 0.5) is 10.1 Å². The Morgan fingerprint density at radius 2 is 1.88 bits per heavy atom. The number of rotatable bonds is 8. The molecule has 0 unspecified atom stereocenters. The van der Waals surface area contributed by atoms with Gasteiger partial charge in [0, 0.05) is 49.3 Å². The highest BCUT2D eigenvalue weighted by molar-refractivity contribution is 6.05. The van der Waals surface area contributed by atoms with Gasteiger partial charge in [-0.2, -0.15) is 10.2 Å². The van der Waals surface area contributed by atoms with E-state index in [1.165, 1.54) is 10.7 Å². The zero-order valence-electron chi connectivity index (χ0n) is 22.9. The lowest BCUT2D eigenvalue weighted by Crippen LogP contribution is -2.34. The van der Waals surface area contributed by atoms with Crippen molar-refractivity contribution in [3.8, 4) is 11.1 Å². The van der Waals surface area contributed by atoms with Crippen molar-refractivity contribution in [3.63, 3.8) is 0 Å². The quantitative estimate of drug-likeness (QED) is 0.355. The van der Waals surface area contributed by atoms with Crippen molar-refractivity contribution in [2.45, 2.75) is 39.7 Å². The molecule has 10 heteroatoms. The van der Waals surface area contributed by atoms with E-state index >= 15 is 4.39 Å². The molecule has 0 bridgehead atoms. The van der Waals surface area contributed by atoms with Gasteiger partial charge in [0.1, 0.15) is 11.7 Å². The van der Waals surface area contributed by atoms with E-state index in [1.54, 1.807) is 46.1 Å². The number of aromatic nitrogens is 4. The van der Waals surface area contributed by atoms with E-state index < -0.39 is 5.82 Å². The van der Waals surface area contributed by atoms with Crippen LogP contribution in [0.1, 0.15) is 44.4 Å². The first-order chi connectivity index (χ1) is 19.3. The van der Waals surface area contributed by atoms with Crippen LogP contribution in [0.3, 0.4) is 0 Å². The molecule has 1 aliphatic heterocycles. The number of amides is 1. The van der Waals surface area contributed by atoms with Crippen molar-refractivity contribution in [1.29, 1.82) is 0 Å². The summed E-state index contributed by atoms with van der Waals surface area (Å²) in [5.41, 5.74) is 8.99. The fourth-order valence-electron chi connectivity index (χ4n) is 5.00. The Bertz CT molecular complexity index is 1710. The fraction of sp³-hybridized carbons (Fsp3) is 0.300. The van der Waals surface area contributed by atoms with Crippen molar-refractivity contribution < 1.29 is 9.18 Å². The number of nitrogens with zero attached hydrogens (tertiary/aromatic N) is 6. The van der Waals surface area contributed by atoms with E-state index in [9.17, 15) is 9.59 Å². The first-order valence-electron chi connectivity index (χ1n) is 13.4. The summed E-state index contributed by atoms with van der Waals surface area (Å²) < 4.78 is 18.6. The lowest BCUT2D eigenvalue weighted by molar-refractivity contribution is -0.127. The molecule has 2 aromatic heterocycles. The van der Waals surface area contributed by atoms with Crippen LogP contribution < -0.4 is 11.3 Å². The minimum absolute atomic E-state index is 0.145. The summed E-state index contributed by atoms with van der Waals surface area (Å²) in [6.45, 7) is 5.55. The van der Waals surface area contributed by atoms with Crippen molar-refractivity contribution in [2.24, 2.45) is 17.8 Å². The molecule has 9 nitrogen and oxygen atoms in total. The van der Waals surface area contributed by atoms with E-state index in [2.05, 4.69) is 15.2 Å². The molecule has 0 aliphatic carbocycles. The minimum atomic E-state index is -0.502. The van der Waals surface area contributed by atoms with Gasteiger partial charge in [0.05, 0.1) is 29.5 Å². The Hall–Kier alpha value is -4.60. The molecule has 40 heavy (non-hydrogen) atoms. The molecule has 206 valence electrons. The Balaban J connectivity index is 1.49. The summed E-state index contributed by atoms with van der Waals surface area (Å²) in [6, 6.07) is 10.3. The molecule has 5 rings (SSSR count). The Morgan fingerprint density at radius 1 is 1.10 bits per heavy atom. The first-order valence-corrected chi connectivity index (χ1v) is 13.4. The zero-order chi connectivity index (χ0) is 28.4. The van der Waals surface area contributed by atoms with Crippen LogP contribution in [-0.2, 0) is 18.4 Å². The Labute approximate surface area is 231 Å². The minimum Gasteiger partial charge on any atom is -0.387 e. The summed E-state index contributed by atoms with van der Waals surface area (Å²) in [7, 11) is 1.82. The van der Waals surface area contributed by atoms with Crippen molar-refractivity contribution in [1.82, 2.24) is 24.5 Å². The number of amidine groups is 1. The third-order valence-corrected chi connectivity index (χ3v) is 6.88.